The maximum Gasteiger partial charge on any atom is 0.0716 e. The summed E-state index contributed by atoms with van der Waals surface area (Å²) in [5.74, 6) is 0.856. The van der Waals surface area contributed by atoms with Crippen molar-refractivity contribution in [2.45, 2.75) is 50.0 Å². The van der Waals surface area contributed by atoms with Gasteiger partial charge in [0.15, 0.2) is 0 Å². The van der Waals surface area contributed by atoms with Gasteiger partial charge in [0.25, 0.3) is 0 Å². The average molecular weight is 386 g/mol. The second-order valence-corrected chi connectivity index (χ2v) is 8.87. The molecule has 0 bridgehead atoms. The van der Waals surface area contributed by atoms with Crippen LogP contribution >= 0.6 is 11.6 Å². The van der Waals surface area contributed by atoms with Gasteiger partial charge >= 0.3 is 0 Å². The van der Waals surface area contributed by atoms with Crippen LogP contribution in [-0.4, -0.2) is 36.2 Å². The molecule has 0 amide bonds. The van der Waals surface area contributed by atoms with Crippen molar-refractivity contribution in [3.8, 4) is 0 Å². The minimum atomic E-state index is -0.589. The van der Waals surface area contributed by atoms with Gasteiger partial charge in [0.1, 0.15) is 0 Å². The SMILES string of the molecule is CN(C)CCC(c1ccccc1)C1(O)CCC(Cc2ccc(Cl)cc2)CC1. The first-order chi connectivity index (χ1) is 13.0. The van der Waals surface area contributed by atoms with Crippen LogP contribution in [0, 0.1) is 5.92 Å². The molecule has 1 aliphatic carbocycles. The second-order valence-electron chi connectivity index (χ2n) is 8.43. The summed E-state index contributed by atoms with van der Waals surface area (Å²) in [6, 6.07) is 18.8. The van der Waals surface area contributed by atoms with Crippen molar-refractivity contribution < 1.29 is 5.11 Å². The highest BCUT2D eigenvalue weighted by atomic mass is 35.5. The Kier molecular flexibility index (Phi) is 6.97. The monoisotopic (exact) mass is 385 g/mol. The standard InChI is InChI=1S/C24H32ClNO/c1-26(2)17-14-23(21-6-4-3-5-7-21)24(27)15-12-20(13-16-24)18-19-8-10-22(25)11-9-19/h3-11,20,23,27H,12-18H2,1-2H3. The number of nitrogens with zero attached hydrogens (tertiary/aromatic N) is 1. The fraction of sp³-hybridized carbons (Fsp3) is 0.500. The second kappa shape index (κ2) is 9.23. The number of aliphatic hydroxyl groups is 1. The van der Waals surface area contributed by atoms with E-state index in [9.17, 15) is 5.11 Å². The quantitative estimate of drug-likeness (QED) is 0.676. The molecule has 2 aromatic rings. The van der Waals surface area contributed by atoms with Gasteiger partial charge in [-0.25, -0.2) is 0 Å². The molecule has 0 saturated heterocycles. The molecule has 0 spiro atoms. The number of benzene rings is 2. The zero-order valence-electron chi connectivity index (χ0n) is 16.6. The Morgan fingerprint density at radius 1 is 1.04 bits per heavy atom. The van der Waals surface area contributed by atoms with Crippen LogP contribution < -0.4 is 0 Å². The maximum absolute atomic E-state index is 11.6. The highest BCUT2D eigenvalue weighted by Crippen LogP contribution is 2.44. The molecule has 0 radical (unpaired) electrons. The zero-order chi connectivity index (χ0) is 19.3. The van der Waals surface area contributed by atoms with E-state index in [4.69, 9.17) is 11.6 Å². The van der Waals surface area contributed by atoms with E-state index >= 15 is 0 Å². The summed E-state index contributed by atoms with van der Waals surface area (Å²) in [6.45, 7) is 0.996. The summed E-state index contributed by atoms with van der Waals surface area (Å²) in [7, 11) is 4.21. The summed E-state index contributed by atoms with van der Waals surface area (Å²) in [6.07, 6.45) is 6.03. The normalized spacial score (nSPS) is 24.1. The van der Waals surface area contributed by atoms with Gasteiger partial charge in [0.2, 0.25) is 0 Å². The molecule has 1 saturated carbocycles. The Balaban J connectivity index is 1.66. The van der Waals surface area contributed by atoms with Crippen molar-refractivity contribution in [1.29, 1.82) is 0 Å². The molecule has 1 fully saturated rings. The molecule has 3 heteroatoms. The van der Waals surface area contributed by atoms with Crippen LogP contribution in [-0.2, 0) is 6.42 Å². The first-order valence-corrected chi connectivity index (χ1v) is 10.5. The Hall–Kier alpha value is -1.35. The molecule has 1 N–H and O–H groups in total. The van der Waals surface area contributed by atoms with Gasteiger partial charge < -0.3 is 10.0 Å². The van der Waals surface area contributed by atoms with Crippen molar-refractivity contribution in [2.24, 2.45) is 5.92 Å². The zero-order valence-corrected chi connectivity index (χ0v) is 17.3. The molecule has 1 unspecified atom stereocenters. The van der Waals surface area contributed by atoms with Crippen LogP contribution in [0.25, 0.3) is 0 Å². The van der Waals surface area contributed by atoms with Crippen LogP contribution in [0.3, 0.4) is 0 Å². The van der Waals surface area contributed by atoms with Gasteiger partial charge in [-0.15, -0.1) is 0 Å². The maximum atomic E-state index is 11.6. The van der Waals surface area contributed by atoms with Crippen LogP contribution in [0.15, 0.2) is 54.6 Å². The largest absolute Gasteiger partial charge is 0.389 e. The molecule has 0 heterocycles. The van der Waals surface area contributed by atoms with Crippen molar-refractivity contribution in [2.75, 3.05) is 20.6 Å². The van der Waals surface area contributed by atoms with E-state index in [2.05, 4.69) is 61.5 Å². The third-order valence-electron chi connectivity index (χ3n) is 6.12. The molecule has 1 atom stereocenters. The van der Waals surface area contributed by atoms with Crippen LogP contribution in [0.1, 0.15) is 49.1 Å². The Morgan fingerprint density at radius 3 is 2.26 bits per heavy atom. The van der Waals surface area contributed by atoms with Crippen LogP contribution in [0.4, 0.5) is 0 Å². The first-order valence-electron chi connectivity index (χ1n) is 10.1. The number of hydrogen-bond acceptors (Lipinski definition) is 2. The summed E-state index contributed by atoms with van der Waals surface area (Å²) in [4.78, 5) is 2.21. The fourth-order valence-corrected chi connectivity index (χ4v) is 4.63. The molecule has 146 valence electrons. The average Bonchev–Trinajstić information content (AvgIpc) is 2.66. The minimum absolute atomic E-state index is 0.206. The van der Waals surface area contributed by atoms with Crippen molar-refractivity contribution in [1.82, 2.24) is 4.90 Å². The van der Waals surface area contributed by atoms with E-state index in [1.165, 1.54) is 11.1 Å². The molecule has 27 heavy (non-hydrogen) atoms. The summed E-state index contributed by atoms with van der Waals surface area (Å²) >= 11 is 6.00. The molecule has 3 rings (SSSR count). The van der Waals surface area contributed by atoms with Gasteiger partial charge in [-0.2, -0.15) is 0 Å². The Bertz CT molecular complexity index is 690. The third-order valence-corrected chi connectivity index (χ3v) is 6.38. The predicted octanol–water partition coefficient (Wildman–Crippen LogP) is 5.54. The van der Waals surface area contributed by atoms with E-state index in [-0.39, 0.29) is 5.92 Å². The highest BCUT2D eigenvalue weighted by Gasteiger charge is 2.40. The number of rotatable bonds is 7. The lowest BCUT2D eigenvalue weighted by Gasteiger charge is -2.42. The van der Waals surface area contributed by atoms with Gasteiger partial charge in [-0.05, 0) is 88.3 Å². The highest BCUT2D eigenvalue weighted by molar-refractivity contribution is 6.30. The Labute approximate surface area is 169 Å². The van der Waals surface area contributed by atoms with Gasteiger partial charge in [0, 0.05) is 10.9 Å². The van der Waals surface area contributed by atoms with Gasteiger partial charge in [-0.3, -0.25) is 0 Å². The molecule has 1 aliphatic rings. The smallest absolute Gasteiger partial charge is 0.0716 e. The summed E-state index contributed by atoms with van der Waals surface area (Å²) < 4.78 is 0. The van der Waals surface area contributed by atoms with E-state index < -0.39 is 5.60 Å². The van der Waals surface area contributed by atoms with Crippen molar-refractivity contribution in [3.63, 3.8) is 0 Å². The summed E-state index contributed by atoms with van der Waals surface area (Å²) in [5, 5.41) is 12.4. The molecule has 0 aromatic heterocycles. The van der Waals surface area contributed by atoms with E-state index in [1.807, 2.05) is 12.1 Å². The fourth-order valence-electron chi connectivity index (χ4n) is 4.50. The van der Waals surface area contributed by atoms with E-state index in [0.717, 1.165) is 50.1 Å². The number of halogens is 1. The topological polar surface area (TPSA) is 23.5 Å². The van der Waals surface area contributed by atoms with E-state index in [0.29, 0.717) is 5.92 Å². The van der Waals surface area contributed by atoms with Crippen LogP contribution in [0.2, 0.25) is 5.02 Å². The number of hydrogen-bond donors (Lipinski definition) is 1. The van der Waals surface area contributed by atoms with Crippen molar-refractivity contribution in [3.05, 3.63) is 70.7 Å². The lowest BCUT2D eigenvalue weighted by molar-refractivity contribution is -0.0367. The van der Waals surface area contributed by atoms with Gasteiger partial charge in [0.05, 0.1) is 5.60 Å². The third kappa shape index (κ3) is 5.57. The van der Waals surface area contributed by atoms with Crippen LogP contribution in [0.5, 0.6) is 0 Å². The Morgan fingerprint density at radius 2 is 1.67 bits per heavy atom. The molecular formula is C24H32ClNO. The molecule has 2 aromatic carbocycles. The molecular weight excluding hydrogens is 354 g/mol. The predicted molar refractivity (Wildman–Crippen MR) is 114 cm³/mol. The van der Waals surface area contributed by atoms with Crippen molar-refractivity contribution >= 4 is 11.6 Å². The first kappa shape index (κ1) is 20.4. The van der Waals surface area contributed by atoms with Gasteiger partial charge in [-0.1, -0.05) is 54.1 Å². The summed E-state index contributed by atoms with van der Waals surface area (Å²) in [5.41, 5.74) is 2.04. The molecule has 0 aliphatic heterocycles. The lowest BCUT2D eigenvalue weighted by atomic mass is 9.68. The van der Waals surface area contributed by atoms with E-state index in [1.54, 1.807) is 0 Å². The lowest BCUT2D eigenvalue weighted by Crippen LogP contribution is -2.41. The minimum Gasteiger partial charge on any atom is -0.389 e. The molecule has 2 nitrogen and oxygen atoms in total.